The van der Waals surface area contributed by atoms with Crippen LogP contribution in [0.2, 0.25) is 5.02 Å². The SMILES string of the molecule is OCc1ccc(Cl)cc1[C@@H]1CCCN1. The lowest BCUT2D eigenvalue weighted by atomic mass is 10.00. The van der Waals surface area contributed by atoms with Gasteiger partial charge in [0.05, 0.1) is 6.61 Å². The molecule has 1 heterocycles. The first kappa shape index (κ1) is 9.97. The molecule has 1 fully saturated rings. The minimum Gasteiger partial charge on any atom is -0.392 e. The number of halogens is 1. The Morgan fingerprint density at radius 2 is 2.36 bits per heavy atom. The van der Waals surface area contributed by atoms with E-state index in [-0.39, 0.29) is 6.61 Å². The molecule has 2 rings (SSSR count). The Labute approximate surface area is 88.9 Å². The number of benzene rings is 1. The molecule has 1 aliphatic rings. The second-order valence-corrected chi connectivity index (χ2v) is 4.09. The fourth-order valence-corrected chi connectivity index (χ4v) is 2.16. The predicted molar refractivity (Wildman–Crippen MR) is 57.4 cm³/mol. The summed E-state index contributed by atoms with van der Waals surface area (Å²) < 4.78 is 0. The summed E-state index contributed by atoms with van der Waals surface area (Å²) >= 11 is 5.94. The van der Waals surface area contributed by atoms with E-state index in [4.69, 9.17) is 11.6 Å². The molecule has 0 saturated carbocycles. The van der Waals surface area contributed by atoms with E-state index in [1.807, 2.05) is 18.2 Å². The zero-order chi connectivity index (χ0) is 9.97. The Bertz CT molecular complexity index is 321. The van der Waals surface area contributed by atoms with Crippen molar-refractivity contribution in [1.82, 2.24) is 5.32 Å². The number of nitrogens with one attached hydrogen (secondary N) is 1. The van der Waals surface area contributed by atoms with Crippen LogP contribution in [0.4, 0.5) is 0 Å². The van der Waals surface area contributed by atoms with Gasteiger partial charge in [-0.1, -0.05) is 17.7 Å². The molecule has 1 aliphatic heterocycles. The Morgan fingerprint density at radius 1 is 1.50 bits per heavy atom. The van der Waals surface area contributed by atoms with Crippen LogP contribution >= 0.6 is 11.6 Å². The summed E-state index contributed by atoms with van der Waals surface area (Å²) in [7, 11) is 0. The zero-order valence-corrected chi connectivity index (χ0v) is 8.72. The highest BCUT2D eigenvalue weighted by atomic mass is 35.5. The third-order valence-corrected chi connectivity index (χ3v) is 2.95. The second kappa shape index (κ2) is 4.30. The van der Waals surface area contributed by atoms with Gasteiger partial charge in [0.1, 0.15) is 0 Å². The first-order valence-electron chi connectivity index (χ1n) is 4.94. The Hall–Kier alpha value is -0.570. The van der Waals surface area contributed by atoms with E-state index in [1.165, 1.54) is 6.42 Å². The highest BCUT2D eigenvalue weighted by Crippen LogP contribution is 2.28. The highest BCUT2D eigenvalue weighted by molar-refractivity contribution is 6.30. The summed E-state index contributed by atoms with van der Waals surface area (Å²) in [5, 5.41) is 13.3. The van der Waals surface area contributed by atoms with Gasteiger partial charge in [-0.25, -0.2) is 0 Å². The summed E-state index contributed by atoms with van der Waals surface area (Å²) in [5.41, 5.74) is 2.13. The number of rotatable bonds is 2. The molecule has 76 valence electrons. The van der Waals surface area contributed by atoms with Crippen molar-refractivity contribution in [2.24, 2.45) is 0 Å². The number of hydrogen-bond donors (Lipinski definition) is 2. The molecular formula is C11H14ClNO. The predicted octanol–water partition coefficient (Wildman–Crippen LogP) is 2.26. The van der Waals surface area contributed by atoms with E-state index in [9.17, 15) is 5.11 Å². The normalized spacial score (nSPS) is 21.4. The van der Waals surface area contributed by atoms with Gasteiger partial charge in [0.15, 0.2) is 0 Å². The van der Waals surface area contributed by atoms with Crippen LogP contribution in [0.1, 0.15) is 30.0 Å². The average molecular weight is 212 g/mol. The van der Waals surface area contributed by atoms with Gasteiger partial charge in [0.25, 0.3) is 0 Å². The number of aliphatic hydroxyl groups excluding tert-OH is 1. The zero-order valence-electron chi connectivity index (χ0n) is 7.96. The van der Waals surface area contributed by atoms with Gasteiger partial charge in [-0.05, 0) is 42.6 Å². The molecule has 2 nitrogen and oxygen atoms in total. The maximum Gasteiger partial charge on any atom is 0.0685 e. The van der Waals surface area contributed by atoms with Crippen LogP contribution in [0.3, 0.4) is 0 Å². The van der Waals surface area contributed by atoms with Gasteiger partial charge in [0, 0.05) is 11.1 Å². The first-order valence-corrected chi connectivity index (χ1v) is 5.31. The largest absolute Gasteiger partial charge is 0.392 e. The molecule has 14 heavy (non-hydrogen) atoms. The smallest absolute Gasteiger partial charge is 0.0685 e. The first-order chi connectivity index (χ1) is 6.81. The van der Waals surface area contributed by atoms with Crippen molar-refractivity contribution < 1.29 is 5.11 Å². The number of hydrogen-bond acceptors (Lipinski definition) is 2. The minimum absolute atomic E-state index is 0.0880. The molecule has 0 unspecified atom stereocenters. The van der Waals surface area contributed by atoms with Gasteiger partial charge in [-0.3, -0.25) is 0 Å². The minimum atomic E-state index is 0.0880. The van der Waals surface area contributed by atoms with E-state index < -0.39 is 0 Å². The molecule has 3 heteroatoms. The van der Waals surface area contributed by atoms with Crippen molar-refractivity contribution in [1.29, 1.82) is 0 Å². The molecule has 0 bridgehead atoms. The molecule has 2 N–H and O–H groups in total. The van der Waals surface area contributed by atoms with Gasteiger partial charge < -0.3 is 10.4 Å². The Kier molecular flexibility index (Phi) is 3.06. The Balaban J connectivity index is 2.33. The van der Waals surface area contributed by atoms with Crippen LogP contribution in [0, 0.1) is 0 Å². The van der Waals surface area contributed by atoms with Crippen molar-refractivity contribution in [3.8, 4) is 0 Å². The van der Waals surface area contributed by atoms with Crippen molar-refractivity contribution in [3.05, 3.63) is 34.3 Å². The van der Waals surface area contributed by atoms with Crippen LogP contribution in [-0.4, -0.2) is 11.7 Å². The number of aliphatic hydroxyl groups is 1. The van der Waals surface area contributed by atoms with Crippen molar-refractivity contribution in [2.75, 3.05) is 6.54 Å². The van der Waals surface area contributed by atoms with Crippen LogP contribution in [0.5, 0.6) is 0 Å². The monoisotopic (exact) mass is 211 g/mol. The summed E-state index contributed by atoms with van der Waals surface area (Å²) in [5.74, 6) is 0. The van der Waals surface area contributed by atoms with Gasteiger partial charge >= 0.3 is 0 Å². The van der Waals surface area contributed by atoms with Crippen molar-refractivity contribution >= 4 is 11.6 Å². The summed E-state index contributed by atoms with van der Waals surface area (Å²) in [6, 6.07) is 6.05. The molecule has 0 aromatic heterocycles. The fraction of sp³-hybridized carbons (Fsp3) is 0.455. The van der Waals surface area contributed by atoms with Gasteiger partial charge in [0.2, 0.25) is 0 Å². The van der Waals surface area contributed by atoms with E-state index in [2.05, 4.69) is 5.32 Å². The third kappa shape index (κ3) is 1.92. The quantitative estimate of drug-likeness (QED) is 0.787. The van der Waals surface area contributed by atoms with Crippen molar-refractivity contribution in [3.63, 3.8) is 0 Å². The lowest BCUT2D eigenvalue weighted by Gasteiger charge is -2.14. The summed E-state index contributed by atoms with van der Waals surface area (Å²) in [4.78, 5) is 0. The van der Waals surface area contributed by atoms with Gasteiger partial charge in [-0.2, -0.15) is 0 Å². The van der Waals surface area contributed by atoms with Crippen molar-refractivity contribution in [2.45, 2.75) is 25.5 Å². The topological polar surface area (TPSA) is 32.3 Å². The van der Waals surface area contributed by atoms with Crippen LogP contribution in [0.15, 0.2) is 18.2 Å². The molecule has 0 radical (unpaired) electrons. The molecule has 1 aromatic rings. The molecule has 1 atom stereocenters. The van der Waals surface area contributed by atoms with E-state index >= 15 is 0 Å². The van der Waals surface area contributed by atoms with E-state index in [0.717, 1.165) is 29.1 Å². The van der Waals surface area contributed by atoms with Crippen LogP contribution < -0.4 is 5.32 Å². The lowest BCUT2D eigenvalue weighted by Crippen LogP contribution is -2.14. The molecule has 0 amide bonds. The molecule has 1 saturated heterocycles. The molecule has 1 aromatic carbocycles. The van der Waals surface area contributed by atoms with E-state index in [0.29, 0.717) is 6.04 Å². The lowest BCUT2D eigenvalue weighted by molar-refractivity contribution is 0.279. The Morgan fingerprint density at radius 3 is 3.00 bits per heavy atom. The maximum absolute atomic E-state index is 9.20. The van der Waals surface area contributed by atoms with Crippen LogP contribution in [0.25, 0.3) is 0 Å². The standard InChI is InChI=1S/C11H14ClNO/c12-9-4-3-8(7-14)10(6-9)11-2-1-5-13-11/h3-4,6,11,13-14H,1-2,5,7H2/t11-/m0/s1. The highest BCUT2D eigenvalue weighted by Gasteiger charge is 2.18. The fourth-order valence-electron chi connectivity index (χ4n) is 1.98. The average Bonchev–Trinajstić information content (AvgIpc) is 2.70. The molecule has 0 aliphatic carbocycles. The van der Waals surface area contributed by atoms with E-state index in [1.54, 1.807) is 0 Å². The van der Waals surface area contributed by atoms with Gasteiger partial charge in [-0.15, -0.1) is 0 Å². The molecule has 0 spiro atoms. The third-order valence-electron chi connectivity index (χ3n) is 2.71. The molecular weight excluding hydrogens is 198 g/mol. The summed E-state index contributed by atoms with van der Waals surface area (Å²) in [6.07, 6.45) is 2.33. The second-order valence-electron chi connectivity index (χ2n) is 3.65. The van der Waals surface area contributed by atoms with Crippen LogP contribution in [-0.2, 0) is 6.61 Å². The summed E-state index contributed by atoms with van der Waals surface area (Å²) in [6.45, 7) is 1.15. The maximum atomic E-state index is 9.20.